The molecule has 19 heavy (non-hydrogen) atoms. The molecule has 0 saturated heterocycles. The van der Waals surface area contributed by atoms with Crippen molar-refractivity contribution in [3.63, 3.8) is 0 Å². The zero-order valence-corrected chi connectivity index (χ0v) is 13.8. The SMILES string of the molecule is CCC(C)N(C)CCNC1CCCc2sc(Cl)cc21. The molecule has 1 N–H and O–H groups in total. The van der Waals surface area contributed by atoms with Crippen LogP contribution in [-0.4, -0.2) is 31.1 Å². The lowest BCUT2D eigenvalue weighted by atomic mass is 9.94. The maximum atomic E-state index is 6.14. The fourth-order valence-electron chi connectivity index (χ4n) is 2.68. The second kappa shape index (κ2) is 7.07. The molecule has 1 heterocycles. The molecule has 0 aliphatic heterocycles. The van der Waals surface area contributed by atoms with Crippen LogP contribution in [0.5, 0.6) is 0 Å². The molecule has 0 bridgehead atoms. The van der Waals surface area contributed by atoms with Gasteiger partial charge in [-0.1, -0.05) is 18.5 Å². The Balaban J connectivity index is 1.84. The quantitative estimate of drug-likeness (QED) is 0.851. The highest BCUT2D eigenvalue weighted by Gasteiger charge is 2.22. The van der Waals surface area contributed by atoms with E-state index in [-0.39, 0.29) is 0 Å². The summed E-state index contributed by atoms with van der Waals surface area (Å²) in [7, 11) is 2.21. The van der Waals surface area contributed by atoms with Crippen molar-refractivity contribution in [2.45, 2.75) is 51.6 Å². The van der Waals surface area contributed by atoms with Crippen LogP contribution in [0.1, 0.15) is 49.6 Å². The minimum Gasteiger partial charge on any atom is -0.309 e. The van der Waals surface area contributed by atoms with Crippen molar-refractivity contribution in [3.05, 3.63) is 20.8 Å². The van der Waals surface area contributed by atoms with Gasteiger partial charge < -0.3 is 10.2 Å². The molecular formula is C15H25ClN2S. The van der Waals surface area contributed by atoms with E-state index in [0.717, 1.165) is 17.4 Å². The van der Waals surface area contributed by atoms with E-state index in [4.69, 9.17) is 11.6 Å². The van der Waals surface area contributed by atoms with Crippen molar-refractivity contribution in [3.8, 4) is 0 Å². The van der Waals surface area contributed by atoms with E-state index in [1.54, 1.807) is 11.3 Å². The van der Waals surface area contributed by atoms with Crippen LogP contribution in [0.15, 0.2) is 6.07 Å². The van der Waals surface area contributed by atoms with Crippen LogP contribution in [0.3, 0.4) is 0 Å². The van der Waals surface area contributed by atoms with E-state index < -0.39 is 0 Å². The third-order valence-electron chi connectivity index (χ3n) is 4.28. The first-order chi connectivity index (χ1) is 9.11. The van der Waals surface area contributed by atoms with Gasteiger partial charge in [0.15, 0.2) is 0 Å². The molecule has 2 atom stereocenters. The average molecular weight is 301 g/mol. The highest BCUT2D eigenvalue weighted by Crippen LogP contribution is 2.37. The second-order valence-corrected chi connectivity index (χ2v) is 7.33. The molecule has 2 nitrogen and oxygen atoms in total. The summed E-state index contributed by atoms with van der Waals surface area (Å²) in [4.78, 5) is 3.92. The number of nitrogens with one attached hydrogen (secondary N) is 1. The summed E-state index contributed by atoms with van der Waals surface area (Å²) in [6, 6.07) is 3.34. The van der Waals surface area contributed by atoms with E-state index in [0.29, 0.717) is 12.1 Å². The number of aryl methyl sites for hydroxylation is 1. The van der Waals surface area contributed by atoms with Crippen molar-refractivity contribution in [2.75, 3.05) is 20.1 Å². The van der Waals surface area contributed by atoms with Gasteiger partial charge in [-0.05, 0) is 51.3 Å². The number of halogens is 1. The minimum atomic E-state index is 0.512. The molecule has 1 aromatic heterocycles. The number of nitrogens with zero attached hydrogens (tertiary/aromatic N) is 1. The van der Waals surface area contributed by atoms with Crippen molar-refractivity contribution in [2.24, 2.45) is 0 Å². The lowest BCUT2D eigenvalue weighted by Crippen LogP contribution is -2.36. The van der Waals surface area contributed by atoms with E-state index in [1.807, 2.05) is 0 Å². The topological polar surface area (TPSA) is 15.3 Å². The Morgan fingerprint density at radius 1 is 1.58 bits per heavy atom. The van der Waals surface area contributed by atoms with Gasteiger partial charge in [-0.3, -0.25) is 0 Å². The van der Waals surface area contributed by atoms with Crippen molar-refractivity contribution in [1.82, 2.24) is 10.2 Å². The van der Waals surface area contributed by atoms with Crippen LogP contribution >= 0.6 is 22.9 Å². The van der Waals surface area contributed by atoms with E-state index in [2.05, 4.69) is 37.2 Å². The molecule has 0 amide bonds. The van der Waals surface area contributed by atoms with Gasteiger partial charge in [-0.25, -0.2) is 0 Å². The van der Waals surface area contributed by atoms with E-state index >= 15 is 0 Å². The zero-order chi connectivity index (χ0) is 13.8. The molecule has 0 fully saturated rings. The van der Waals surface area contributed by atoms with E-state index in [1.165, 1.54) is 36.1 Å². The summed E-state index contributed by atoms with van der Waals surface area (Å²) >= 11 is 7.90. The summed E-state index contributed by atoms with van der Waals surface area (Å²) in [6.45, 7) is 6.70. The Kier molecular flexibility index (Phi) is 5.70. The molecule has 2 rings (SSSR count). The average Bonchev–Trinajstić information content (AvgIpc) is 2.78. The van der Waals surface area contributed by atoms with Gasteiger partial charge in [0, 0.05) is 30.1 Å². The van der Waals surface area contributed by atoms with Crippen LogP contribution in [-0.2, 0) is 6.42 Å². The molecule has 0 radical (unpaired) electrons. The van der Waals surface area contributed by atoms with Gasteiger partial charge in [0.25, 0.3) is 0 Å². The maximum absolute atomic E-state index is 6.14. The summed E-state index contributed by atoms with van der Waals surface area (Å²) in [5.41, 5.74) is 1.45. The van der Waals surface area contributed by atoms with Gasteiger partial charge in [-0.15, -0.1) is 11.3 Å². The van der Waals surface area contributed by atoms with Crippen molar-refractivity contribution in [1.29, 1.82) is 0 Å². The highest BCUT2D eigenvalue weighted by atomic mass is 35.5. The molecule has 4 heteroatoms. The lowest BCUT2D eigenvalue weighted by molar-refractivity contribution is 0.246. The summed E-state index contributed by atoms with van der Waals surface area (Å²) in [6.07, 6.45) is 4.94. The van der Waals surface area contributed by atoms with Crippen molar-refractivity contribution < 1.29 is 0 Å². The molecule has 2 unspecified atom stereocenters. The number of fused-ring (bicyclic) bond motifs is 1. The Labute approximate surface area is 126 Å². The monoisotopic (exact) mass is 300 g/mol. The minimum absolute atomic E-state index is 0.512. The summed E-state index contributed by atoms with van der Waals surface area (Å²) in [5, 5.41) is 3.71. The molecule has 0 saturated carbocycles. The number of hydrogen-bond acceptors (Lipinski definition) is 3. The van der Waals surface area contributed by atoms with Gasteiger partial charge in [0.2, 0.25) is 0 Å². The fraction of sp³-hybridized carbons (Fsp3) is 0.733. The molecule has 1 aromatic rings. The molecule has 108 valence electrons. The van der Waals surface area contributed by atoms with Gasteiger partial charge in [0.1, 0.15) is 0 Å². The predicted molar refractivity (Wildman–Crippen MR) is 85.4 cm³/mol. The van der Waals surface area contributed by atoms with Crippen LogP contribution in [0.25, 0.3) is 0 Å². The lowest BCUT2D eigenvalue weighted by Gasteiger charge is -2.27. The second-order valence-electron chi connectivity index (χ2n) is 5.57. The number of hydrogen-bond donors (Lipinski definition) is 1. The Hall–Kier alpha value is -0.0900. The summed E-state index contributed by atoms with van der Waals surface area (Å²) < 4.78 is 0.940. The smallest absolute Gasteiger partial charge is 0.0934 e. The largest absolute Gasteiger partial charge is 0.309 e. The summed E-state index contributed by atoms with van der Waals surface area (Å²) in [5.74, 6) is 0. The normalized spacial score (nSPS) is 20.6. The molecule has 0 spiro atoms. The first kappa shape index (κ1) is 15.3. The maximum Gasteiger partial charge on any atom is 0.0934 e. The van der Waals surface area contributed by atoms with Crippen molar-refractivity contribution >= 4 is 22.9 Å². The molecule has 1 aliphatic carbocycles. The first-order valence-electron chi connectivity index (χ1n) is 7.33. The third kappa shape index (κ3) is 3.94. The van der Waals surface area contributed by atoms with Crippen LogP contribution in [0.2, 0.25) is 4.34 Å². The highest BCUT2D eigenvalue weighted by molar-refractivity contribution is 7.16. The fourth-order valence-corrected chi connectivity index (χ4v) is 4.06. The van der Waals surface area contributed by atoms with Crippen LogP contribution in [0.4, 0.5) is 0 Å². The first-order valence-corrected chi connectivity index (χ1v) is 8.53. The number of rotatable bonds is 6. The number of thiophene rings is 1. The van der Waals surface area contributed by atoms with Crippen LogP contribution < -0.4 is 5.32 Å². The Morgan fingerprint density at radius 2 is 2.37 bits per heavy atom. The molecule has 1 aliphatic rings. The standard InChI is InChI=1S/C15H25ClN2S/c1-4-11(2)18(3)9-8-17-13-6-5-7-14-12(13)10-15(16)19-14/h10-11,13,17H,4-9H2,1-3H3. The van der Waals surface area contributed by atoms with Gasteiger partial charge in [-0.2, -0.15) is 0 Å². The Morgan fingerprint density at radius 3 is 3.11 bits per heavy atom. The predicted octanol–water partition coefficient (Wildman–Crippen LogP) is 4.10. The molecular weight excluding hydrogens is 276 g/mol. The third-order valence-corrected chi connectivity index (χ3v) is 5.62. The van der Waals surface area contributed by atoms with Crippen LogP contribution in [0, 0.1) is 0 Å². The zero-order valence-electron chi connectivity index (χ0n) is 12.2. The molecule has 0 aromatic carbocycles. The number of likely N-dealkylation sites (N-methyl/N-ethyl adjacent to an activating group) is 1. The van der Waals surface area contributed by atoms with E-state index in [9.17, 15) is 0 Å². The van der Waals surface area contributed by atoms with Gasteiger partial charge in [0.05, 0.1) is 4.34 Å². The van der Waals surface area contributed by atoms with Gasteiger partial charge >= 0.3 is 0 Å². The Bertz CT molecular complexity index is 405.